The Morgan fingerprint density at radius 2 is 1.79 bits per heavy atom. The molecule has 0 unspecified atom stereocenters. The highest BCUT2D eigenvalue weighted by atomic mass is 16.5. The standard InChI is InChI=1S/C27H26N2O4/c1-17-13-23(32-19(3)26(30)29-16-21-9-11-28-12-10-21)25-18(2)22(27(31)33-24(25)14-17)15-20-7-5-4-6-8-20/h4-14,19H,15-16H2,1-3H3,(H,29,30)/t19-/m1/s1. The number of nitrogens with one attached hydrogen (secondary N) is 1. The third-order valence-electron chi connectivity index (χ3n) is 5.60. The Balaban J connectivity index is 1.63. The first-order chi connectivity index (χ1) is 15.9. The Bertz CT molecular complexity index is 1330. The van der Waals surface area contributed by atoms with Gasteiger partial charge in [-0.25, -0.2) is 4.79 Å². The fraction of sp³-hybridized carbons (Fsp3) is 0.222. The van der Waals surface area contributed by atoms with Crippen LogP contribution < -0.4 is 15.7 Å². The molecule has 6 nitrogen and oxygen atoms in total. The van der Waals surface area contributed by atoms with E-state index in [9.17, 15) is 9.59 Å². The topological polar surface area (TPSA) is 81.4 Å². The molecule has 168 valence electrons. The van der Waals surface area contributed by atoms with Gasteiger partial charge in [-0.3, -0.25) is 9.78 Å². The average molecular weight is 443 g/mol. The Hall–Kier alpha value is -3.93. The summed E-state index contributed by atoms with van der Waals surface area (Å²) >= 11 is 0. The number of hydrogen-bond acceptors (Lipinski definition) is 5. The molecule has 0 aliphatic carbocycles. The van der Waals surface area contributed by atoms with Crippen molar-refractivity contribution in [2.45, 2.75) is 39.8 Å². The molecular weight excluding hydrogens is 416 g/mol. The van der Waals surface area contributed by atoms with Crippen LogP contribution in [0.3, 0.4) is 0 Å². The zero-order valence-electron chi connectivity index (χ0n) is 18.9. The lowest BCUT2D eigenvalue weighted by molar-refractivity contribution is -0.127. The number of aryl methyl sites for hydroxylation is 2. The van der Waals surface area contributed by atoms with Crippen LogP contribution in [0.1, 0.15) is 34.7 Å². The number of amides is 1. The number of pyridine rings is 1. The van der Waals surface area contributed by atoms with Gasteiger partial charge < -0.3 is 14.5 Å². The third kappa shape index (κ3) is 5.12. The van der Waals surface area contributed by atoms with E-state index in [4.69, 9.17) is 9.15 Å². The van der Waals surface area contributed by atoms with Crippen molar-refractivity contribution in [1.82, 2.24) is 10.3 Å². The fourth-order valence-electron chi connectivity index (χ4n) is 3.81. The van der Waals surface area contributed by atoms with E-state index in [1.54, 1.807) is 19.3 Å². The second kappa shape index (κ2) is 9.69. The van der Waals surface area contributed by atoms with Crippen molar-refractivity contribution in [1.29, 1.82) is 0 Å². The highest BCUT2D eigenvalue weighted by Gasteiger charge is 2.20. The van der Waals surface area contributed by atoms with Gasteiger partial charge in [-0.15, -0.1) is 0 Å². The van der Waals surface area contributed by atoms with Crippen LogP contribution in [0.2, 0.25) is 0 Å². The summed E-state index contributed by atoms with van der Waals surface area (Å²) in [4.78, 5) is 29.4. The number of ether oxygens (including phenoxy) is 1. The molecule has 4 aromatic rings. The number of fused-ring (bicyclic) bond motifs is 1. The molecule has 0 spiro atoms. The van der Waals surface area contributed by atoms with Gasteiger partial charge in [0, 0.05) is 30.9 Å². The van der Waals surface area contributed by atoms with E-state index in [1.165, 1.54) is 0 Å². The largest absolute Gasteiger partial charge is 0.480 e. The van der Waals surface area contributed by atoms with Crippen molar-refractivity contribution in [2.75, 3.05) is 0 Å². The van der Waals surface area contributed by atoms with Crippen molar-refractivity contribution in [3.63, 3.8) is 0 Å². The van der Waals surface area contributed by atoms with Crippen molar-refractivity contribution in [3.8, 4) is 5.75 Å². The van der Waals surface area contributed by atoms with E-state index < -0.39 is 6.10 Å². The molecule has 4 rings (SSSR count). The van der Waals surface area contributed by atoms with Gasteiger partial charge in [-0.05, 0) is 67.3 Å². The lowest BCUT2D eigenvalue weighted by Crippen LogP contribution is -2.36. The van der Waals surface area contributed by atoms with E-state index >= 15 is 0 Å². The summed E-state index contributed by atoms with van der Waals surface area (Å²) in [5.41, 5.74) is 4.32. The Kier molecular flexibility index (Phi) is 6.54. The molecule has 0 bridgehead atoms. The summed E-state index contributed by atoms with van der Waals surface area (Å²) in [6.07, 6.45) is 3.09. The van der Waals surface area contributed by atoms with Crippen LogP contribution in [0, 0.1) is 13.8 Å². The molecule has 2 aromatic carbocycles. The lowest BCUT2D eigenvalue weighted by Gasteiger charge is -2.18. The molecule has 2 heterocycles. The van der Waals surface area contributed by atoms with Crippen molar-refractivity contribution < 1.29 is 13.9 Å². The van der Waals surface area contributed by atoms with Crippen LogP contribution in [-0.4, -0.2) is 17.0 Å². The molecule has 1 amide bonds. The highest BCUT2D eigenvalue weighted by molar-refractivity contribution is 5.89. The summed E-state index contributed by atoms with van der Waals surface area (Å²) in [6, 6.07) is 17.2. The van der Waals surface area contributed by atoms with E-state index in [1.807, 2.05) is 68.4 Å². The van der Waals surface area contributed by atoms with Gasteiger partial charge in [0.2, 0.25) is 0 Å². The first kappa shape index (κ1) is 22.3. The predicted molar refractivity (Wildman–Crippen MR) is 127 cm³/mol. The lowest BCUT2D eigenvalue weighted by atomic mass is 9.98. The van der Waals surface area contributed by atoms with Crippen LogP contribution in [0.15, 0.2) is 76.2 Å². The monoisotopic (exact) mass is 442 g/mol. The van der Waals surface area contributed by atoms with Gasteiger partial charge in [-0.1, -0.05) is 30.3 Å². The summed E-state index contributed by atoms with van der Waals surface area (Å²) in [7, 11) is 0. The maximum atomic E-state index is 12.8. The van der Waals surface area contributed by atoms with E-state index in [-0.39, 0.29) is 11.5 Å². The Labute approximate surface area is 192 Å². The number of aromatic nitrogens is 1. The molecule has 33 heavy (non-hydrogen) atoms. The average Bonchev–Trinajstić information content (AvgIpc) is 2.81. The normalized spacial score (nSPS) is 11.8. The van der Waals surface area contributed by atoms with Gasteiger partial charge in [0.25, 0.3) is 5.91 Å². The van der Waals surface area contributed by atoms with Crippen LogP contribution in [0.5, 0.6) is 5.75 Å². The van der Waals surface area contributed by atoms with E-state index in [0.29, 0.717) is 35.2 Å². The molecular formula is C27H26N2O4. The molecule has 0 radical (unpaired) electrons. The molecule has 0 saturated heterocycles. The quantitative estimate of drug-likeness (QED) is 0.427. The molecule has 0 aliphatic heterocycles. The van der Waals surface area contributed by atoms with Crippen LogP contribution >= 0.6 is 0 Å². The zero-order chi connectivity index (χ0) is 23.4. The smallest absolute Gasteiger partial charge is 0.340 e. The maximum absolute atomic E-state index is 12.8. The molecule has 1 N–H and O–H groups in total. The number of carbonyl (C=O) groups excluding carboxylic acids is 1. The molecule has 1 atom stereocenters. The summed E-state index contributed by atoms with van der Waals surface area (Å²) in [5, 5.41) is 3.59. The number of hydrogen-bond donors (Lipinski definition) is 1. The minimum absolute atomic E-state index is 0.235. The van der Waals surface area contributed by atoms with Gasteiger partial charge in [0.05, 0.1) is 5.39 Å². The first-order valence-electron chi connectivity index (χ1n) is 10.9. The summed E-state index contributed by atoms with van der Waals surface area (Å²) in [5.74, 6) is 0.285. The minimum atomic E-state index is -0.735. The molecule has 0 aliphatic rings. The fourth-order valence-corrected chi connectivity index (χ4v) is 3.81. The van der Waals surface area contributed by atoms with Gasteiger partial charge in [0.15, 0.2) is 6.10 Å². The molecule has 0 saturated carbocycles. The van der Waals surface area contributed by atoms with Crippen molar-refractivity contribution in [3.05, 3.63) is 105 Å². The number of carbonyl (C=O) groups is 1. The Morgan fingerprint density at radius 3 is 2.52 bits per heavy atom. The van der Waals surface area contributed by atoms with Gasteiger partial charge in [0.1, 0.15) is 11.3 Å². The predicted octanol–water partition coefficient (Wildman–Crippen LogP) is 4.48. The van der Waals surface area contributed by atoms with Crippen molar-refractivity contribution >= 4 is 16.9 Å². The SMILES string of the molecule is Cc1cc(O[C@H](C)C(=O)NCc2ccncc2)c2c(C)c(Cc3ccccc3)c(=O)oc2c1. The number of rotatable bonds is 7. The summed E-state index contributed by atoms with van der Waals surface area (Å²) in [6.45, 7) is 5.88. The second-order valence-electron chi connectivity index (χ2n) is 8.12. The van der Waals surface area contributed by atoms with Crippen LogP contribution in [0.4, 0.5) is 0 Å². The van der Waals surface area contributed by atoms with Crippen molar-refractivity contribution in [2.24, 2.45) is 0 Å². The number of benzene rings is 2. The van der Waals surface area contributed by atoms with Crippen LogP contribution in [0.25, 0.3) is 11.0 Å². The van der Waals surface area contributed by atoms with Gasteiger partial charge >= 0.3 is 5.63 Å². The highest BCUT2D eigenvalue weighted by Crippen LogP contribution is 2.32. The zero-order valence-corrected chi connectivity index (χ0v) is 18.9. The first-order valence-corrected chi connectivity index (χ1v) is 10.9. The Morgan fingerprint density at radius 1 is 1.06 bits per heavy atom. The van der Waals surface area contributed by atoms with Gasteiger partial charge in [-0.2, -0.15) is 0 Å². The maximum Gasteiger partial charge on any atom is 0.340 e. The van der Waals surface area contributed by atoms with Crippen LogP contribution in [-0.2, 0) is 17.8 Å². The van der Waals surface area contributed by atoms with E-state index in [0.717, 1.165) is 22.3 Å². The second-order valence-corrected chi connectivity index (χ2v) is 8.12. The van der Waals surface area contributed by atoms with E-state index in [2.05, 4.69) is 10.3 Å². The minimum Gasteiger partial charge on any atom is -0.480 e. The molecule has 6 heteroatoms. The number of nitrogens with zero attached hydrogens (tertiary/aromatic N) is 1. The molecule has 2 aromatic heterocycles. The third-order valence-corrected chi connectivity index (χ3v) is 5.60. The molecule has 0 fully saturated rings. The summed E-state index contributed by atoms with van der Waals surface area (Å²) < 4.78 is 11.8.